The van der Waals surface area contributed by atoms with E-state index in [9.17, 15) is 0 Å². The van der Waals surface area contributed by atoms with Crippen LogP contribution in [0.2, 0.25) is 0 Å². The van der Waals surface area contributed by atoms with Crippen LogP contribution in [0.5, 0.6) is 0 Å². The molecule has 0 bridgehead atoms. The number of rotatable bonds is 6. The van der Waals surface area contributed by atoms with Gasteiger partial charge in [-0.3, -0.25) is 0 Å². The Labute approximate surface area is 82.6 Å². The largest absolute Gasteiger partial charge is 0.332 e. The number of nitrogens with zero attached hydrogens (tertiary/aromatic N) is 1. The summed E-state index contributed by atoms with van der Waals surface area (Å²) >= 11 is 0. The minimum absolute atomic E-state index is 0.645. The van der Waals surface area contributed by atoms with Crippen molar-refractivity contribution in [3.63, 3.8) is 0 Å². The third-order valence-electron chi connectivity index (χ3n) is 0.704. The van der Waals surface area contributed by atoms with Crippen LogP contribution in [-0.4, -0.2) is 27.7 Å². The van der Waals surface area contributed by atoms with E-state index in [0.29, 0.717) is 19.8 Å². The molecule has 0 amide bonds. The molecule has 0 fully saturated rings. The van der Waals surface area contributed by atoms with Crippen molar-refractivity contribution in [2.45, 2.75) is 20.8 Å². The zero-order valence-electron chi connectivity index (χ0n) is 8.74. The van der Waals surface area contributed by atoms with Crippen LogP contribution in [0.4, 0.5) is 0 Å². The molecular weight excluding hydrogens is 188 g/mol. The van der Waals surface area contributed by atoms with Crippen LogP contribution in [0, 0.1) is 11.2 Å². The Balaban J connectivity index is 0. The molecule has 0 aliphatic heterocycles. The second-order valence-electron chi connectivity index (χ2n) is 1.70. The minimum Gasteiger partial charge on any atom is -0.313 e. The van der Waals surface area contributed by atoms with Gasteiger partial charge in [-0.15, -0.1) is 0 Å². The summed E-state index contributed by atoms with van der Waals surface area (Å²) < 4.78 is 15.4. The van der Waals surface area contributed by atoms with Gasteiger partial charge < -0.3 is 13.6 Å². The third kappa shape index (κ3) is 14.7. The van der Waals surface area contributed by atoms with E-state index in [1.807, 2.05) is 20.8 Å². The molecule has 0 aromatic carbocycles. The summed E-state index contributed by atoms with van der Waals surface area (Å²) in [6, 6.07) is 0. The number of nitriles is 1. The molecule has 0 saturated carbocycles. The highest BCUT2D eigenvalue weighted by Gasteiger charge is 2.07. The third-order valence-corrected chi connectivity index (χ3v) is 2.11. The molecule has 0 aliphatic carbocycles. The van der Waals surface area contributed by atoms with Crippen molar-refractivity contribution in [3.05, 3.63) is 0 Å². The predicted molar refractivity (Wildman–Crippen MR) is 56.0 cm³/mol. The standard InChI is InChI=1S/C6H15O3P.CH2BN/c1-4-7-10(8-5-2)9-6-3;2-1-3/h4-6H2,1-3H3;2H2. The first-order valence-corrected chi connectivity index (χ1v) is 5.35. The normalized spacial score (nSPS) is 8.85. The highest BCUT2D eigenvalue weighted by Crippen LogP contribution is 2.38. The average molecular weight is 205 g/mol. The lowest BCUT2D eigenvalue weighted by Gasteiger charge is -2.12. The van der Waals surface area contributed by atoms with Gasteiger partial charge in [0.2, 0.25) is 7.85 Å². The molecule has 0 aliphatic rings. The van der Waals surface area contributed by atoms with Crippen LogP contribution in [0.15, 0.2) is 0 Å². The van der Waals surface area contributed by atoms with Crippen molar-refractivity contribution < 1.29 is 13.6 Å². The van der Waals surface area contributed by atoms with E-state index in [2.05, 4.69) is 0 Å². The van der Waals surface area contributed by atoms with Crippen LogP contribution < -0.4 is 0 Å². The first-order chi connectivity index (χ1) is 6.26. The van der Waals surface area contributed by atoms with Crippen LogP contribution in [-0.2, 0) is 13.6 Å². The molecule has 0 rings (SSSR count). The summed E-state index contributed by atoms with van der Waals surface area (Å²) in [6.45, 7) is 7.71. The number of hydrogen-bond acceptors (Lipinski definition) is 4. The van der Waals surface area contributed by atoms with Gasteiger partial charge in [-0.1, -0.05) is 0 Å². The lowest BCUT2D eigenvalue weighted by atomic mass is 10.2. The Morgan fingerprint density at radius 3 is 1.46 bits per heavy atom. The summed E-state index contributed by atoms with van der Waals surface area (Å²) in [5.41, 5.74) is 0. The maximum atomic E-state index is 7.32. The molecule has 0 aromatic heterocycles. The van der Waals surface area contributed by atoms with Gasteiger partial charge in [0.25, 0.3) is 0 Å². The maximum Gasteiger partial charge on any atom is 0.332 e. The van der Waals surface area contributed by atoms with E-state index in [1.54, 1.807) is 5.97 Å². The van der Waals surface area contributed by atoms with Crippen molar-refractivity contribution in [2.75, 3.05) is 19.8 Å². The van der Waals surface area contributed by atoms with Crippen molar-refractivity contribution in [3.8, 4) is 5.97 Å². The summed E-state index contributed by atoms with van der Waals surface area (Å²) in [4.78, 5) is 0. The van der Waals surface area contributed by atoms with Crippen LogP contribution in [0.3, 0.4) is 0 Å². The fourth-order valence-corrected chi connectivity index (χ4v) is 1.28. The molecule has 0 N–H and O–H groups in total. The lowest BCUT2D eigenvalue weighted by Crippen LogP contribution is -1.94. The molecule has 0 radical (unpaired) electrons. The first kappa shape index (κ1) is 15.3. The Morgan fingerprint density at radius 1 is 1.08 bits per heavy atom. The average Bonchev–Trinajstić information content (AvgIpc) is 2.07. The minimum atomic E-state index is -1.06. The quantitative estimate of drug-likeness (QED) is 0.486. The molecule has 0 unspecified atom stereocenters. The first-order valence-electron chi connectivity index (χ1n) is 4.26. The monoisotopic (exact) mass is 205 g/mol. The van der Waals surface area contributed by atoms with Gasteiger partial charge in [0.15, 0.2) is 0 Å². The van der Waals surface area contributed by atoms with Gasteiger partial charge in [0.05, 0.1) is 19.8 Å². The Morgan fingerprint density at radius 2 is 1.31 bits per heavy atom. The molecule has 0 atom stereocenters. The summed E-state index contributed by atoms with van der Waals surface area (Å²) in [7, 11) is 0.370. The molecular formula is C7H17BNO3P. The Kier molecular flexibility index (Phi) is 17.0. The van der Waals surface area contributed by atoms with Crippen LogP contribution >= 0.6 is 8.60 Å². The van der Waals surface area contributed by atoms with Gasteiger partial charge >= 0.3 is 8.60 Å². The van der Waals surface area contributed by atoms with E-state index in [4.69, 9.17) is 18.8 Å². The van der Waals surface area contributed by atoms with Crippen molar-refractivity contribution >= 4 is 16.4 Å². The van der Waals surface area contributed by atoms with Gasteiger partial charge in [0, 0.05) is 0 Å². The van der Waals surface area contributed by atoms with E-state index in [0.717, 1.165) is 0 Å². The zero-order chi connectivity index (χ0) is 10.5. The number of hydrogen-bond donors (Lipinski definition) is 0. The zero-order valence-corrected chi connectivity index (χ0v) is 9.63. The van der Waals surface area contributed by atoms with E-state index >= 15 is 0 Å². The van der Waals surface area contributed by atoms with Gasteiger partial charge in [0.1, 0.15) is 0 Å². The Hall–Kier alpha value is -0.135. The van der Waals surface area contributed by atoms with Gasteiger partial charge in [-0.2, -0.15) is 0 Å². The van der Waals surface area contributed by atoms with Crippen molar-refractivity contribution in [1.29, 1.82) is 5.26 Å². The van der Waals surface area contributed by atoms with Crippen molar-refractivity contribution in [1.82, 2.24) is 0 Å². The molecule has 13 heavy (non-hydrogen) atoms. The summed E-state index contributed by atoms with van der Waals surface area (Å²) in [5, 5.41) is 7.32. The van der Waals surface area contributed by atoms with E-state index < -0.39 is 8.60 Å². The van der Waals surface area contributed by atoms with Crippen molar-refractivity contribution in [2.24, 2.45) is 0 Å². The van der Waals surface area contributed by atoms with Gasteiger partial charge in [-0.05, 0) is 26.7 Å². The molecule has 0 heterocycles. The highest BCUT2D eigenvalue weighted by molar-refractivity contribution is 7.41. The van der Waals surface area contributed by atoms with E-state index in [1.165, 1.54) is 7.85 Å². The fraction of sp³-hybridized carbons (Fsp3) is 0.857. The second-order valence-corrected chi connectivity index (χ2v) is 2.92. The SMILES string of the molecule is BC#N.CCOP(OCC)OCC. The lowest BCUT2D eigenvalue weighted by molar-refractivity contribution is 0.176. The molecule has 76 valence electrons. The second kappa shape index (κ2) is 14.4. The molecule has 4 nitrogen and oxygen atoms in total. The fourth-order valence-electron chi connectivity index (χ4n) is 0.428. The maximum absolute atomic E-state index is 7.32. The summed E-state index contributed by atoms with van der Waals surface area (Å²) in [5.74, 6) is 1.75. The van der Waals surface area contributed by atoms with Gasteiger partial charge in [-0.25, -0.2) is 5.26 Å². The topological polar surface area (TPSA) is 51.5 Å². The predicted octanol–water partition coefficient (Wildman–Crippen LogP) is 1.42. The Bertz CT molecular complexity index is 117. The molecule has 0 aromatic rings. The molecule has 6 heteroatoms. The van der Waals surface area contributed by atoms with Crippen LogP contribution in [0.1, 0.15) is 20.8 Å². The molecule has 0 saturated heterocycles. The molecule has 0 spiro atoms. The smallest absolute Gasteiger partial charge is 0.313 e. The van der Waals surface area contributed by atoms with E-state index in [-0.39, 0.29) is 0 Å². The summed E-state index contributed by atoms with van der Waals surface area (Å²) in [6.07, 6.45) is 0. The van der Waals surface area contributed by atoms with Crippen LogP contribution in [0.25, 0.3) is 0 Å². The highest BCUT2D eigenvalue weighted by atomic mass is 31.2.